The van der Waals surface area contributed by atoms with Crippen molar-refractivity contribution in [3.63, 3.8) is 0 Å². The molecule has 2 aromatic rings. The van der Waals surface area contributed by atoms with Crippen LogP contribution < -0.4 is 10.2 Å². The van der Waals surface area contributed by atoms with E-state index in [0.29, 0.717) is 6.42 Å². The maximum Gasteiger partial charge on any atom is 0.247 e. The first-order chi connectivity index (χ1) is 11.0. The molecule has 0 saturated carbocycles. The molecule has 0 aliphatic carbocycles. The van der Waals surface area contributed by atoms with Crippen molar-refractivity contribution in [2.24, 2.45) is 0 Å². The van der Waals surface area contributed by atoms with E-state index in [1.807, 2.05) is 55.5 Å². The quantitative estimate of drug-likeness (QED) is 0.823. The molecule has 2 amide bonds. The zero-order valence-corrected chi connectivity index (χ0v) is 13.2. The molecule has 0 bridgehead atoms. The zero-order chi connectivity index (χ0) is 16.2. The Morgan fingerprint density at radius 3 is 2.52 bits per heavy atom. The Hall–Kier alpha value is -2.62. The van der Waals surface area contributed by atoms with Gasteiger partial charge in [0.25, 0.3) is 0 Å². The van der Waals surface area contributed by atoms with E-state index in [2.05, 4.69) is 5.32 Å². The molecule has 2 aromatic carbocycles. The molecular formula is C19H18N2O2. The molecular weight excluding hydrogens is 288 g/mol. The average molecular weight is 306 g/mol. The maximum atomic E-state index is 12.9. The molecule has 23 heavy (non-hydrogen) atoms. The van der Waals surface area contributed by atoms with Crippen LogP contribution in [-0.4, -0.2) is 18.9 Å². The lowest BCUT2D eigenvalue weighted by Gasteiger charge is -2.19. The van der Waals surface area contributed by atoms with Crippen LogP contribution in [-0.2, 0) is 15.0 Å². The van der Waals surface area contributed by atoms with Crippen molar-refractivity contribution in [2.75, 3.05) is 11.9 Å². The van der Waals surface area contributed by atoms with Gasteiger partial charge in [-0.1, -0.05) is 48.0 Å². The Bertz CT molecular complexity index is 812. The lowest BCUT2D eigenvalue weighted by molar-refractivity contribution is -0.132. The topological polar surface area (TPSA) is 49.4 Å². The number of nitrogens with zero attached hydrogens (tertiary/aromatic N) is 1. The van der Waals surface area contributed by atoms with Crippen LogP contribution in [0.5, 0.6) is 0 Å². The summed E-state index contributed by atoms with van der Waals surface area (Å²) in [6.45, 7) is 2.03. The minimum absolute atomic E-state index is 0.133. The van der Waals surface area contributed by atoms with Gasteiger partial charge in [0.2, 0.25) is 11.8 Å². The number of rotatable bonds is 1. The summed E-state index contributed by atoms with van der Waals surface area (Å²) in [5.41, 5.74) is 2.79. The molecule has 2 atom stereocenters. The van der Waals surface area contributed by atoms with Crippen LogP contribution in [0, 0.1) is 6.92 Å². The highest BCUT2D eigenvalue weighted by molar-refractivity contribution is 6.22. The molecule has 116 valence electrons. The van der Waals surface area contributed by atoms with Gasteiger partial charge < -0.3 is 10.2 Å². The number of fused-ring (bicyclic) bond motifs is 2. The highest BCUT2D eigenvalue weighted by atomic mass is 16.2. The summed E-state index contributed by atoms with van der Waals surface area (Å²) in [6.07, 6.45) is 0.467. The smallest absolute Gasteiger partial charge is 0.247 e. The Morgan fingerprint density at radius 1 is 1.09 bits per heavy atom. The number of anilines is 1. The Labute approximate surface area is 135 Å². The molecule has 0 radical (unpaired) electrons. The number of hydrogen-bond acceptors (Lipinski definition) is 2. The molecule has 1 fully saturated rings. The predicted octanol–water partition coefficient (Wildman–Crippen LogP) is 2.47. The van der Waals surface area contributed by atoms with Gasteiger partial charge >= 0.3 is 0 Å². The number of para-hydroxylation sites is 1. The third-order valence-corrected chi connectivity index (χ3v) is 5.08. The van der Waals surface area contributed by atoms with Crippen molar-refractivity contribution in [3.8, 4) is 0 Å². The van der Waals surface area contributed by atoms with E-state index in [0.717, 1.165) is 16.8 Å². The van der Waals surface area contributed by atoms with Crippen LogP contribution in [0.1, 0.15) is 29.2 Å². The lowest BCUT2D eigenvalue weighted by Crippen LogP contribution is -2.44. The van der Waals surface area contributed by atoms with Gasteiger partial charge in [0.05, 0.1) is 6.04 Å². The van der Waals surface area contributed by atoms with Gasteiger partial charge in [-0.2, -0.15) is 0 Å². The van der Waals surface area contributed by atoms with Crippen LogP contribution in [0.2, 0.25) is 0 Å². The van der Waals surface area contributed by atoms with Gasteiger partial charge in [-0.25, -0.2) is 0 Å². The van der Waals surface area contributed by atoms with E-state index in [9.17, 15) is 9.59 Å². The van der Waals surface area contributed by atoms with Crippen LogP contribution in [0.3, 0.4) is 0 Å². The van der Waals surface area contributed by atoms with Crippen molar-refractivity contribution in [1.29, 1.82) is 0 Å². The standard InChI is InChI=1S/C19H18N2O2/c1-12-7-9-13(10-8-12)15-11-19(17(22)20-15)14-5-3-4-6-16(14)21(2)18(19)23/h3-10,15H,11H2,1-2H3,(H,20,22)/t15-,19+/m1/s1. The average Bonchev–Trinajstić information content (AvgIpc) is 3.01. The SMILES string of the molecule is Cc1ccc([C@H]2C[C@]3(C(=O)N2)C(=O)N(C)c2ccccc23)cc1. The van der Waals surface area contributed by atoms with Gasteiger partial charge in [-0.3, -0.25) is 9.59 Å². The minimum Gasteiger partial charge on any atom is -0.348 e. The monoisotopic (exact) mass is 306 g/mol. The van der Waals surface area contributed by atoms with Crippen molar-refractivity contribution < 1.29 is 9.59 Å². The number of amides is 2. The van der Waals surface area contributed by atoms with Crippen molar-refractivity contribution in [2.45, 2.75) is 24.8 Å². The van der Waals surface area contributed by atoms with E-state index in [-0.39, 0.29) is 17.9 Å². The normalized spacial score (nSPS) is 25.8. The maximum absolute atomic E-state index is 12.9. The van der Waals surface area contributed by atoms with Crippen LogP contribution in [0.25, 0.3) is 0 Å². The van der Waals surface area contributed by atoms with E-state index < -0.39 is 5.41 Å². The first kappa shape index (κ1) is 14.0. The van der Waals surface area contributed by atoms with Gasteiger partial charge in [-0.05, 0) is 25.0 Å². The number of carbonyl (C=O) groups is 2. The van der Waals surface area contributed by atoms with E-state index in [4.69, 9.17) is 0 Å². The fraction of sp³-hybridized carbons (Fsp3) is 0.263. The predicted molar refractivity (Wildman–Crippen MR) is 88.2 cm³/mol. The van der Waals surface area contributed by atoms with Crippen molar-refractivity contribution >= 4 is 17.5 Å². The highest BCUT2D eigenvalue weighted by Gasteiger charge is 2.60. The molecule has 4 nitrogen and oxygen atoms in total. The molecule has 1 N–H and O–H groups in total. The van der Waals surface area contributed by atoms with Gasteiger partial charge in [-0.15, -0.1) is 0 Å². The molecule has 0 aromatic heterocycles. The largest absolute Gasteiger partial charge is 0.348 e. The summed E-state index contributed by atoms with van der Waals surface area (Å²) >= 11 is 0. The van der Waals surface area contributed by atoms with Crippen LogP contribution in [0.15, 0.2) is 48.5 Å². The van der Waals surface area contributed by atoms with Crippen molar-refractivity contribution in [3.05, 3.63) is 65.2 Å². The molecule has 1 saturated heterocycles. The fourth-order valence-corrected chi connectivity index (χ4v) is 3.79. The summed E-state index contributed by atoms with van der Waals surface area (Å²) < 4.78 is 0. The van der Waals surface area contributed by atoms with E-state index in [1.165, 1.54) is 5.56 Å². The minimum atomic E-state index is -1.08. The Morgan fingerprint density at radius 2 is 1.78 bits per heavy atom. The molecule has 2 aliphatic rings. The van der Waals surface area contributed by atoms with Crippen molar-refractivity contribution in [1.82, 2.24) is 5.32 Å². The molecule has 4 heteroatoms. The van der Waals surface area contributed by atoms with Crippen LogP contribution in [0.4, 0.5) is 5.69 Å². The van der Waals surface area contributed by atoms with Crippen LogP contribution >= 0.6 is 0 Å². The second-order valence-electron chi connectivity index (χ2n) is 6.43. The number of aryl methyl sites for hydroxylation is 1. The second kappa shape index (κ2) is 4.69. The number of likely N-dealkylation sites (N-methyl/N-ethyl adjacent to an activating group) is 1. The number of carbonyl (C=O) groups excluding carboxylic acids is 2. The first-order valence-electron chi connectivity index (χ1n) is 7.79. The Balaban J connectivity index is 1.79. The number of nitrogens with one attached hydrogen (secondary N) is 1. The molecule has 2 heterocycles. The molecule has 2 aliphatic heterocycles. The Kier molecular flexibility index (Phi) is 2.85. The van der Waals surface area contributed by atoms with E-state index in [1.54, 1.807) is 11.9 Å². The summed E-state index contributed by atoms with van der Waals surface area (Å²) in [4.78, 5) is 27.3. The third kappa shape index (κ3) is 1.78. The molecule has 0 unspecified atom stereocenters. The fourth-order valence-electron chi connectivity index (χ4n) is 3.79. The third-order valence-electron chi connectivity index (χ3n) is 5.08. The number of benzene rings is 2. The van der Waals surface area contributed by atoms with Gasteiger partial charge in [0, 0.05) is 18.3 Å². The summed E-state index contributed by atoms with van der Waals surface area (Å²) in [5, 5.41) is 3.03. The van der Waals surface area contributed by atoms with E-state index >= 15 is 0 Å². The molecule has 4 rings (SSSR count). The number of hydrogen-bond donors (Lipinski definition) is 1. The lowest BCUT2D eigenvalue weighted by atomic mass is 9.78. The summed E-state index contributed by atoms with van der Waals surface area (Å²) in [5.74, 6) is -0.323. The van der Waals surface area contributed by atoms with Gasteiger partial charge in [0.1, 0.15) is 0 Å². The summed E-state index contributed by atoms with van der Waals surface area (Å²) in [6, 6.07) is 15.6. The summed E-state index contributed by atoms with van der Waals surface area (Å²) in [7, 11) is 1.74. The van der Waals surface area contributed by atoms with Gasteiger partial charge in [0.15, 0.2) is 5.41 Å². The zero-order valence-electron chi connectivity index (χ0n) is 13.2. The molecule has 1 spiro atoms. The first-order valence-corrected chi connectivity index (χ1v) is 7.79. The second-order valence-corrected chi connectivity index (χ2v) is 6.43. The highest BCUT2D eigenvalue weighted by Crippen LogP contribution is 2.49.